The van der Waals surface area contributed by atoms with Gasteiger partial charge in [0, 0.05) is 0 Å². The molecule has 0 saturated carbocycles. The zero-order chi connectivity index (χ0) is 10.5. The first-order valence-corrected chi connectivity index (χ1v) is 5.12. The minimum absolute atomic E-state index is 0.0409. The highest BCUT2D eigenvalue weighted by Crippen LogP contribution is 2.08. The number of hydrogen-bond acceptors (Lipinski definition) is 5. The van der Waals surface area contributed by atoms with Gasteiger partial charge in [-0.2, -0.15) is 8.42 Å². The molecule has 0 radical (unpaired) electrons. The van der Waals surface area contributed by atoms with E-state index >= 15 is 0 Å². The van der Waals surface area contributed by atoms with Crippen LogP contribution in [-0.2, 0) is 23.8 Å². The van der Waals surface area contributed by atoms with E-state index in [0.29, 0.717) is 0 Å². The fourth-order valence-corrected chi connectivity index (χ4v) is 1.26. The molecule has 0 saturated heterocycles. The van der Waals surface area contributed by atoms with Crippen LogP contribution in [0.25, 0.3) is 0 Å². The Kier molecular flexibility index (Phi) is 4.64. The largest absolute Gasteiger partial charge is 0.462 e. The highest BCUT2D eigenvalue weighted by Gasteiger charge is 2.24. The molecule has 0 aliphatic heterocycles. The Morgan fingerprint density at radius 3 is 2.23 bits per heavy atom. The normalized spacial score (nSPS) is 10.9. The number of rotatable bonds is 5. The average Bonchev–Trinajstić information content (AvgIpc) is 2.03. The molecule has 13 heavy (non-hydrogen) atoms. The smallest absolute Gasteiger partial charge is 0.351 e. The summed E-state index contributed by atoms with van der Waals surface area (Å²) in [4.78, 5) is 10.2. The molecule has 0 bridgehead atoms. The molecule has 6 heteroatoms. The van der Waals surface area contributed by atoms with E-state index in [-0.39, 0.29) is 13.2 Å². The fraction of sp³-hybridized carbons (Fsp3) is 0.571. The minimum Gasteiger partial charge on any atom is -0.462 e. The van der Waals surface area contributed by atoms with Crippen molar-refractivity contribution in [3.63, 3.8) is 0 Å². The van der Waals surface area contributed by atoms with Gasteiger partial charge in [-0.25, -0.2) is 4.79 Å². The van der Waals surface area contributed by atoms with E-state index in [9.17, 15) is 13.2 Å². The predicted molar refractivity (Wildman–Crippen MR) is 46.3 cm³/mol. The van der Waals surface area contributed by atoms with Gasteiger partial charge in [-0.15, -0.1) is 0 Å². The molecule has 0 fully saturated rings. The molecule has 0 unspecified atom stereocenters. The second-order valence-electron chi connectivity index (χ2n) is 2.00. The van der Waals surface area contributed by atoms with Crippen LogP contribution < -0.4 is 0 Å². The predicted octanol–water partition coefficient (Wildman–Crippen LogP) is 0.429. The number of ether oxygens (including phenoxy) is 1. The lowest BCUT2D eigenvalue weighted by molar-refractivity contribution is -0.137. The molecule has 0 aliphatic carbocycles. The Labute approximate surface area is 77.5 Å². The van der Waals surface area contributed by atoms with Crippen molar-refractivity contribution >= 4 is 16.1 Å². The van der Waals surface area contributed by atoms with Crippen molar-refractivity contribution in [2.45, 2.75) is 13.8 Å². The molecular weight excluding hydrogens is 196 g/mol. The Balaban J connectivity index is 4.51. The van der Waals surface area contributed by atoms with Crippen molar-refractivity contribution in [1.29, 1.82) is 0 Å². The molecular formula is C7H12O5S. The monoisotopic (exact) mass is 208 g/mol. The highest BCUT2D eigenvalue weighted by molar-refractivity contribution is 7.91. The van der Waals surface area contributed by atoms with Crippen molar-refractivity contribution in [3.05, 3.63) is 11.5 Å². The van der Waals surface area contributed by atoms with Crippen LogP contribution in [0.4, 0.5) is 0 Å². The van der Waals surface area contributed by atoms with E-state index in [0.717, 1.165) is 0 Å². The summed E-state index contributed by atoms with van der Waals surface area (Å²) in [7, 11) is -4.00. The van der Waals surface area contributed by atoms with Gasteiger partial charge in [-0.3, -0.25) is 4.18 Å². The van der Waals surface area contributed by atoms with E-state index in [1.807, 2.05) is 0 Å². The Morgan fingerprint density at radius 1 is 1.31 bits per heavy atom. The highest BCUT2D eigenvalue weighted by atomic mass is 32.2. The summed E-state index contributed by atoms with van der Waals surface area (Å²) in [5.41, 5.74) is 0. The standard InChI is InChI=1S/C7H12O5S/c1-4-11-7(8)6(3)13(9,10)12-5-2/h3-5H2,1-2H3. The van der Waals surface area contributed by atoms with Gasteiger partial charge in [0.05, 0.1) is 13.2 Å². The molecule has 0 aromatic carbocycles. The third kappa shape index (κ3) is 3.56. The molecule has 0 aromatic rings. The number of carbonyl (C=O) groups is 1. The second kappa shape index (κ2) is 4.98. The van der Waals surface area contributed by atoms with Crippen LogP contribution in [0.2, 0.25) is 0 Å². The van der Waals surface area contributed by atoms with Crippen molar-refractivity contribution < 1.29 is 22.1 Å². The Hall–Kier alpha value is -0.880. The molecule has 0 atom stereocenters. The zero-order valence-electron chi connectivity index (χ0n) is 7.57. The first-order chi connectivity index (χ1) is 5.95. The second-order valence-corrected chi connectivity index (χ2v) is 3.64. The van der Waals surface area contributed by atoms with Crippen molar-refractivity contribution in [1.82, 2.24) is 0 Å². The molecule has 0 rings (SSSR count). The third-order valence-corrected chi connectivity index (χ3v) is 2.39. The van der Waals surface area contributed by atoms with Crippen LogP contribution >= 0.6 is 0 Å². The maximum absolute atomic E-state index is 11.0. The van der Waals surface area contributed by atoms with E-state index in [1.165, 1.54) is 6.92 Å². The summed E-state index contributed by atoms with van der Waals surface area (Å²) >= 11 is 0. The van der Waals surface area contributed by atoms with Gasteiger partial charge >= 0.3 is 16.1 Å². The quantitative estimate of drug-likeness (QED) is 0.372. The fourth-order valence-electron chi connectivity index (χ4n) is 0.540. The van der Waals surface area contributed by atoms with Gasteiger partial charge < -0.3 is 4.74 Å². The lowest BCUT2D eigenvalue weighted by Crippen LogP contribution is -2.17. The molecule has 0 aromatic heterocycles. The van der Waals surface area contributed by atoms with Crippen molar-refractivity contribution in [3.8, 4) is 0 Å². The molecule has 5 nitrogen and oxygen atoms in total. The summed E-state index contributed by atoms with van der Waals surface area (Å²) in [5, 5.41) is 0. The average molecular weight is 208 g/mol. The summed E-state index contributed by atoms with van der Waals surface area (Å²) in [5.74, 6) is -0.976. The number of hydrogen-bond donors (Lipinski definition) is 0. The molecule has 0 aliphatic rings. The van der Waals surface area contributed by atoms with Gasteiger partial charge in [0.15, 0.2) is 4.91 Å². The number of carbonyl (C=O) groups excluding carboxylic acids is 1. The molecule has 0 spiro atoms. The lowest BCUT2D eigenvalue weighted by atomic mass is 10.6. The maximum atomic E-state index is 11.0. The third-order valence-electron chi connectivity index (χ3n) is 1.08. The number of esters is 1. The van der Waals surface area contributed by atoms with Crippen molar-refractivity contribution in [2.24, 2.45) is 0 Å². The van der Waals surface area contributed by atoms with Gasteiger partial charge in [-0.1, -0.05) is 6.58 Å². The molecule has 76 valence electrons. The van der Waals surface area contributed by atoms with E-state index in [4.69, 9.17) is 0 Å². The van der Waals surface area contributed by atoms with Crippen LogP contribution in [0, 0.1) is 0 Å². The zero-order valence-corrected chi connectivity index (χ0v) is 8.39. The van der Waals surface area contributed by atoms with E-state index < -0.39 is 21.0 Å². The minimum atomic E-state index is -4.00. The summed E-state index contributed by atoms with van der Waals surface area (Å²) in [6, 6.07) is 0. The molecule has 0 N–H and O–H groups in total. The van der Waals surface area contributed by atoms with Crippen LogP contribution in [0.3, 0.4) is 0 Å². The SMILES string of the molecule is C=C(C(=O)OCC)S(=O)(=O)OCC. The first kappa shape index (κ1) is 12.1. The Bertz CT molecular complexity index is 290. The topological polar surface area (TPSA) is 69.7 Å². The lowest BCUT2D eigenvalue weighted by Gasteiger charge is -2.05. The van der Waals surface area contributed by atoms with E-state index in [2.05, 4.69) is 15.5 Å². The van der Waals surface area contributed by atoms with Gasteiger partial charge in [0.2, 0.25) is 0 Å². The molecule has 0 amide bonds. The van der Waals surface area contributed by atoms with Gasteiger partial charge in [-0.05, 0) is 13.8 Å². The summed E-state index contributed by atoms with van der Waals surface area (Å²) < 4.78 is 30.8. The summed E-state index contributed by atoms with van der Waals surface area (Å²) in [6.07, 6.45) is 0. The molecule has 0 heterocycles. The maximum Gasteiger partial charge on any atom is 0.351 e. The van der Waals surface area contributed by atoms with Gasteiger partial charge in [0.25, 0.3) is 0 Å². The van der Waals surface area contributed by atoms with Crippen LogP contribution in [0.1, 0.15) is 13.8 Å². The van der Waals surface area contributed by atoms with Crippen molar-refractivity contribution in [2.75, 3.05) is 13.2 Å². The van der Waals surface area contributed by atoms with Crippen LogP contribution in [0.15, 0.2) is 11.5 Å². The first-order valence-electron chi connectivity index (χ1n) is 3.71. The Morgan fingerprint density at radius 2 is 1.85 bits per heavy atom. The van der Waals surface area contributed by atoms with E-state index in [1.54, 1.807) is 6.92 Å². The van der Waals surface area contributed by atoms with Crippen LogP contribution in [-0.4, -0.2) is 27.6 Å². The summed E-state index contributed by atoms with van der Waals surface area (Å²) in [6.45, 7) is 6.20. The van der Waals surface area contributed by atoms with Crippen LogP contribution in [0.5, 0.6) is 0 Å². The van der Waals surface area contributed by atoms with Gasteiger partial charge in [0.1, 0.15) is 0 Å².